The van der Waals surface area contributed by atoms with E-state index in [-0.39, 0.29) is 11.9 Å². The molecule has 1 fully saturated rings. The van der Waals surface area contributed by atoms with Crippen molar-refractivity contribution in [2.24, 2.45) is 5.84 Å². The quantitative estimate of drug-likeness (QED) is 0.543. The Morgan fingerprint density at radius 2 is 2.20 bits per heavy atom. The molecule has 4 N–H and O–H groups in total. The van der Waals surface area contributed by atoms with Gasteiger partial charge >= 0.3 is 0 Å². The van der Waals surface area contributed by atoms with Crippen LogP contribution in [0.25, 0.3) is 0 Å². The molecule has 1 amide bonds. The first-order chi connectivity index (χ1) is 9.62. The second-order valence-electron chi connectivity index (χ2n) is 5.10. The molecular formula is C13H22N6O. The van der Waals surface area contributed by atoms with Crippen molar-refractivity contribution in [1.82, 2.24) is 14.9 Å². The number of anilines is 2. The number of likely N-dealkylation sites (tertiary alicyclic amines) is 1. The molecule has 1 aromatic heterocycles. The summed E-state index contributed by atoms with van der Waals surface area (Å²) in [6, 6.07) is 2.00. The highest BCUT2D eigenvalue weighted by Crippen LogP contribution is 2.17. The maximum Gasteiger partial charge on any atom is 0.222 e. The Morgan fingerprint density at radius 3 is 2.85 bits per heavy atom. The standard InChI is InChI=1S/C13H22N6O/c1-3-4-10-16-11(7-12(17-10)18-14)15-9-5-6-13(20)19(2)8-9/h7,9H,3-6,8,14H2,1-2H3,(H2,15,16,17,18). The molecule has 2 heterocycles. The third-order valence-corrected chi connectivity index (χ3v) is 3.37. The molecule has 7 nitrogen and oxygen atoms in total. The fourth-order valence-electron chi connectivity index (χ4n) is 2.32. The maximum atomic E-state index is 11.5. The number of carbonyl (C=O) groups excluding carboxylic acids is 1. The van der Waals surface area contributed by atoms with Crippen LogP contribution in [0.2, 0.25) is 0 Å². The van der Waals surface area contributed by atoms with Gasteiger partial charge in [-0.25, -0.2) is 15.8 Å². The number of hydrazine groups is 1. The first-order valence-electron chi connectivity index (χ1n) is 6.97. The van der Waals surface area contributed by atoms with Crippen LogP contribution >= 0.6 is 0 Å². The fraction of sp³-hybridized carbons (Fsp3) is 0.615. The zero-order valence-corrected chi connectivity index (χ0v) is 12.0. The van der Waals surface area contributed by atoms with Crippen molar-refractivity contribution in [3.05, 3.63) is 11.9 Å². The number of rotatable bonds is 5. The Balaban J connectivity index is 2.08. The number of likely N-dealkylation sites (N-methyl/N-ethyl adjacent to an activating group) is 1. The van der Waals surface area contributed by atoms with Crippen LogP contribution in [0.5, 0.6) is 0 Å². The number of piperidine rings is 1. The van der Waals surface area contributed by atoms with E-state index in [1.165, 1.54) is 0 Å². The summed E-state index contributed by atoms with van der Waals surface area (Å²) in [7, 11) is 1.82. The number of nitrogen functional groups attached to an aromatic ring is 1. The van der Waals surface area contributed by atoms with Crippen LogP contribution in [0.4, 0.5) is 11.6 Å². The number of hydrogen-bond donors (Lipinski definition) is 3. The zero-order valence-electron chi connectivity index (χ0n) is 12.0. The average molecular weight is 278 g/mol. The Kier molecular flexibility index (Phi) is 4.73. The fourth-order valence-corrected chi connectivity index (χ4v) is 2.32. The van der Waals surface area contributed by atoms with E-state index in [2.05, 4.69) is 27.6 Å². The van der Waals surface area contributed by atoms with Crippen LogP contribution in [-0.4, -0.2) is 40.4 Å². The Hall–Kier alpha value is -1.89. The summed E-state index contributed by atoms with van der Waals surface area (Å²) >= 11 is 0. The van der Waals surface area contributed by atoms with Gasteiger partial charge in [0.05, 0.1) is 0 Å². The minimum Gasteiger partial charge on any atom is -0.365 e. The van der Waals surface area contributed by atoms with Gasteiger partial charge in [0.15, 0.2) is 0 Å². The molecule has 1 aliphatic heterocycles. The number of carbonyl (C=O) groups is 1. The van der Waals surface area contributed by atoms with Gasteiger partial charge in [-0.3, -0.25) is 4.79 Å². The van der Waals surface area contributed by atoms with Crippen LogP contribution in [0.15, 0.2) is 6.07 Å². The van der Waals surface area contributed by atoms with Gasteiger partial charge in [0.2, 0.25) is 5.91 Å². The number of hydrogen-bond acceptors (Lipinski definition) is 6. The van der Waals surface area contributed by atoms with Gasteiger partial charge in [-0.1, -0.05) is 6.92 Å². The van der Waals surface area contributed by atoms with E-state index in [1.54, 1.807) is 11.0 Å². The van der Waals surface area contributed by atoms with Gasteiger partial charge in [0.1, 0.15) is 17.5 Å². The minimum atomic E-state index is 0.196. The summed E-state index contributed by atoms with van der Waals surface area (Å²) in [4.78, 5) is 22.0. The van der Waals surface area contributed by atoms with Gasteiger partial charge < -0.3 is 15.6 Å². The number of nitrogens with zero attached hydrogens (tertiary/aromatic N) is 3. The molecule has 1 aliphatic rings. The highest BCUT2D eigenvalue weighted by atomic mass is 16.2. The van der Waals surface area contributed by atoms with Crippen LogP contribution < -0.4 is 16.6 Å². The highest BCUT2D eigenvalue weighted by molar-refractivity contribution is 5.77. The molecule has 0 bridgehead atoms. The molecule has 110 valence electrons. The third kappa shape index (κ3) is 3.57. The van der Waals surface area contributed by atoms with Crippen molar-refractivity contribution in [3.8, 4) is 0 Å². The second kappa shape index (κ2) is 6.51. The van der Waals surface area contributed by atoms with E-state index in [0.29, 0.717) is 18.8 Å². The van der Waals surface area contributed by atoms with Gasteiger partial charge in [0, 0.05) is 38.5 Å². The average Bonchev–Trinajstić information content (AvgIpc) is 2.43. The molecule has 0 aliphatic carbocycles. The van der Waals surface area contributed by atoms with E-state index in [0.717, 1.165) is 30.9 Å². The molecule has 7 heteroatoms. The van der Waals surface area contributed by atoms with Gasteiger partial charge in [-0.15, -0.1) is 0 Å². The van der Waals surface area contributed by atoms with Crippen molar-refractivity contribution in [2.75, 3.05) is 24.3 Å². The molecule has 1 saturated heterocycles. The lowest BCUT2D eigenvalue weighted by molar-refractivity contribution is -0.132. The first-order valence-corrected chi connectivity index (χ1v) is 6.97. The summed E-state index contributed by atoms with van der Waals surface area (Å²) in [5.41, 5.74) is 2.56. The Morgan fingerprint density at radius 1 is 1.45 bits per heavy atom. The Labute approximate surface area is 118 Å². The summed E-state index contributed by atoms with van der Waals surface area (Å²) in [6.07, 6.45) is 3.19. The van der Waals surface area contributed by atoms with E-state index in [4.69, 9.17) is 5.84 Å². The maximum absolute atomic E-state index is 11.5. The number of aryl methyl sites for hydroxylation is 1. The monoisotopic (exact) mass is 278 g/mol. The lowest BCUT2D eigenvalue weighted by atomic mass is 10.1. The van der Waals surface area contributed by atoms with Gasteiger partial charge in [-0.05, 0) is 12.8 Å². The second-order valence-corrected chi connectivity index (χ2v) is 5.10. The van der Waals surface area contributed by atoms with Gasteiger partial charge in [0.25, 0.3) is 0 Å². The van der Waals surface area contributed by atoms with Crippen LogP contribution in [0, 0.1) is 0 Å². The lowest BCUT2D eigenvalue weighted by Gasteiger charge is -2.30. The summed E-state index contributed by atoms with van der Waals surface area (Å²) in [5, 5.41) is 3.36. The summed E-state index contributed by atoms with van der Waals surface area (Å²) in [6.45, 7) is 2.78. The number of nitrogens with two attached hydrogens (primary N) is 1. The number of nitrogens with one attached hydrogen (secondary N) is 2. The summed E-state index contributed by atoms with van der Waals surface area (Å²) in [5.74, 6) is 7.76. The van der Waals surface area contributed by atoms with Crippen molar-refractivity contribution in [2.45, 2.75) is 38.6 Å². The predicted octanol–water partition coefficient (Wildman–Crippen LogP) is 0.747. The molecular weight excluding hydrogens is 256 g/mol. The Bertz CT molecular complexity index is 478. The molecule has 0 spiro atoms. The molecule has 2 rings (SSSR count). The van der Waals surface area contributed by atoms with E-state index < -0.39 is 0 Å². The van der Waals surface area contributed by atoms with Crippen molar-refractivity contribution in [3.63, 3.8) is 0 Å². The molecule has 1 aromatic rings. The molecule has 0 saturated carbocycles. The predicted molar refractivity (Wildman–Crippen MR) is 78.1 cm³/mol. The molecule has 1 atom stereocenters. The zero-order chi connectivity index (χ0) is 14.5. The number of amides is 1. The van der Waals surface area contributed by atoms with E-state index in [1.807, 2.05) is 7.05 Å². The topological polar surface area (TPSA) is 96.2 Å². The van der Waals surface area contributed by atoms with Gasteiger partial charge in [-0.2, -0.15) is 0 Å². The lowest BCUT2D eigenvalue weighted by Crippen LogP contribution is -2.43. The van der Waals surface area contributed by atoms with Crippen molar-refractivity contribution in [1.29, 1.82) is 0 Å². The third-order valence-electron chi connectivity index (χ3n) is 3.37. The molecule has 0 radical (unpaired) electrons. The summed E-state index contributed by atoms with van der Waals surface area (Å²) < 4.78 is 0. The van der Waals surface area contributed by atoms with Crippen LogP contribution in [0.3, 0.4) is 0 Å². The van der Waals surface area contributed by atoms with E-state index >= 15 is 0 Å². The highest BCUT2D eigenvalue weighted by Gasteiger charge is 2.23. The number of aromatic nitrogens is 2. The molecule has 1 unspecified atom stereocenters. The van der Waals surface area contributed by atoms with Crippen molar-refractivity contribution >= 4 is 17.5 Å². The normalized spacial score (nSPS) is 19.1. The minimum absolute atomic E-state index is 0.196. The SMILES string of the molecule is CCCc1nc(NN)cc(NC2CCC(=O)N(C)C2)n1. The largest absolute Gasteiger partial charge is 0.365 e. The van der Waals surface area contributed by atoms with Crippen molar-refractivity contribution < 1.29 is 4.79 Å². The van der Waals surface area contributed by atoms with Crippen LogP contribution in [-0.2, 0) is 11.2 Å². The first kappa shape index (κ1) is 14.5. The molecule has 0 aromatic carbocycles. The van der Waals surface area contributed by atoms with Crippen LogP contribution in [0.1, 0.15) is 32.0 Å². The molecule has 20 heavy (non-hydrogen) atoms. The smallest absolute Gasteiger partial charge is 0.222 e. The van der Waals surface area contributed by atoms with E-state index in [9.17, 15) is 4.79 Å².